The Labute approximate surface area is 153 Å². The molecular weight excluding hydrogens is 355 g/mol. The second-order valence-corrected chi connectivity index (χ2v) is 6.46. The van der Waals surface area contributed by atoms with E-state index in [0.717, 1.165) is 22.2 Å². The van der Waals surface area contributed by atoms with E-state index in [1.54, 1.807) is 35.7 Å². The van der Waals surface area contributed by atoms with Crippen LogP contribution in [0, 0.1) is 5.82 Å². The summed E-state index contributed by atoms with van der Waals surface area (Å²) in [5.74, 6) is 2.36. The Bertz CT molecular complexity index is 939. The molecule has 0 spiro atoms. The zero-order valence-electron chi connectivity index (χ0n) is 13.9. The van der Waals surface area contributed by atoms with Crippen LogP contribution in [0.25, 0.3) is 0 Å². The van der Waals surface area contributed by atoms with Crippen LogP contribution in [0.15, 0.2) is 58.8 Å². The minimum absolute atomic E-state index is 0.193. The van der Waals surface area contributed by atoms with Crippen molar-refractivity contribution in [3.05, 3.63) is 65.7 Å². The monoisotopic (exact) mass is 370 g/mol. The van der Waals surface area contributed by atoms with E-state index in [-0.39, 0.29) is 12.4 Å². The molecule has 0 amide bonds. The van der Waals surface area contributed by atoms with E-state index in [2.05, 4.69) is 15.3 Å². The topological polar surface area (TPSA) is 61.5 Å². The smallest absolute Gasteiger partial charge is 0.212 e. The van der Waals surface area contributed by atoms with E-state index in [9.17, 15) is 4.39 Å². The maximum atomic E-state index is 13.0. The fraction of sp³-hybridized carbons (Fsp3) is 0.167. The summed E-state index contributed by atoms with van der Waals surface area (Å²) in [5, 5.41) is 13.7. The van der Waals surface area contributed by atoms with Gasteiger partial charge in [0, 0.05) is 5.75 Å². The number of ether oxygens (including phenoxy) is 2. The van der Waals surface area contributed by atoms with Gasteiger partial charge < -0.3 is 9.47 Å². The van der Waals surface area contributed by atoms with Gasteiger partial charge in [-0.1, -0.05) is 11.8 Å². The second kappa shape index (κ2) is 7.17. The van der Waals surface area contributed by atoms with Crippen molar-refractivity contribution in [2.75, 3.05) is 12.9 Å². The van der Waals surface area contributed by atoms with Gasteiger partial charge in [0.1, 0.15) is 23.9 Å². The lowest BCUT2D eigenvalue weighted by Gasteiger charge is -2.14. The highest BCUT2D eigenvalue weighted by Crippen LogP contribution is 2.25. The largest absolute Gasteiger partial charge is 0.497 e. The first kappa shape index (κ1) is 16.6. The molecule has 8 heteroatoms. The molecule has 0 atom stereocenters. The standard InChI is InChI=1S/C18H15FN4O2S/c1-24-14-6-2-12(3-7-14)16-11-26-18-21-20-17(23(18)22-16)10-25-15-8-4-13(19)5-9-15/h2-9H,10-11H2,1H3. The number of benzene rings is 2. The predicted octanol–water partition coefficient (Wildman–Crippen LogP) is 3.36. The van der Waals surface area contributed by atoms with Crippen molar-refractivity contribution < 1.29 is 13.9 Å². The Morgan fingerprint density at radius 2 is 1.77 bits per heavy atom. The Hall–Kier alpha value is -2.87. The van der Waals surface area contributed by atoms with Crippen molar-refractivity contribution in [3.63, 3.8) is 0 Å². The van der Waals surface area contributed by atoms with Gasteiger partial charge in [-0.3, -0.25) is 0 Å². The van der Waals surface area contributed by atoms with Crippen molar-refractivity contribution in [1.29, 1.82) is 0 Å². The number of thioether (sulfide) groups is 1. The van der Waals surface area contributed by atoms with Crippen LogP contribution in [0.3, 0.4) is 0 Å². The minimum Gasteiger partial charge on any atom is -0.497 e. The molecule has 132 valence electrons. The highest BCUT2D eigenvalue weighted by molar-refractivity contribution is 7.99. The molecule has 4 rings (SSSR count). The first-order valence-electron chi connectivity index (χ1n) is 7.90. The molecule has 0 bridgehead atoms. The Balaban J connectivity index is 1.55. The molecule has 2 aromatic carbocycles. The molecule has 0 radical (unpaired) electrons. The third-order valence-corrected chi connectivity index (χ3v) is 4.77. The number of hydrogen-bond acceptors (Lipinski definition) is 6. The molecule has 1 aliphatic heterocycles. The molecule has 1 aliphatic rings. The van der Waals surface area contributed by atoms with Crippen LogP contribution in [0.5, 0.6) is 11.5 Å². The summed E-state index contributed by atoms with van der Waals surface area (Å²) in [6.07, 6.45) is 0. The normalized spacial score (nSPS) is 13.1. The number of rotatable bonds is 5. The molecule has 3 aromatic rings. The first-order chi connectivity index (χ1) is 12.7. The molecule has 1 aromatic heterocycles. The van der Waals surface area contributed by atoms with E-state index in [4.69, 9.17) is 9.47 Å². The van der Waals surface area contributed by atoms with E-state index < -0.39 is 0 Å². The van der Waals surface area contributed by atoms with Crippen LogP contribution >= 0.6 is 11.8 Å². The lowest BCUT2D eigenvalue weighted by Crippen LogP contribution is -2.15. The summed E-state index contributed by atoms with van der Waals surface area (Å²) in [6.45, 7) is 0.193. The van der Waals surface area contributed by atoms with Crippen molar-refractivity contribution in [2.24, 2.45) is 5.10 Å². The molecular formula is C18H15FN4O2S. The third-order valence-electron chi connectivity index (χ3n) is 3.84. The SMILES string of the molecule is COc1ccc(C2=Nn3c(COc4ccc(F)cc4)nnc3SC2)cc1. The van der Waals surface area contributed by atoms with Crippen LogP contribution in [-0.4, -0.2) is 33.4 Å². The summed E-state index contributed by atoms with van der Waals surface area (Å²) in [7, 11) is 1.64. The third kappa shape index (κ3) is 3.41. The van der Waals surface area contributed by atoms with E-state index in [1.807, 2.05) is 24.3 Å². The molecule has 0 fully saturated rings. The minimum atomic E-state index is -0.303. The fourth-order valence-corrected chi connectivity index (χ4v) is 3.32. The van der Waals surface area contributed by atoms with Gasteiger partial charge >= 0.3 is 0 Å². The van der Waals surface area contributed by atoms with Gasteiger partial charge in [0.2, 0.25) is 5.16 Å². The van der Waals surface area contributed by atoms with E-state index in [1.165, 1.54) is 12.1 Å². The average molecular weight is 370 g/mol. The van der Waals surface area contributed by atoms with E-state index >= 15 is 0 Å². The van der Waals surface area contributed by atoms with Crippen molar-refractivity contribution in [3.8, 4) is 11.5 Å². The number of halogens is 1. The quantitative estimate of drug-likeness (QED) is 0.689. The maximum absolute atomic E-state index is 13.0. The average Bonchev–Trinajstić information content (AvgIpc) is 3.10. The van der Waals surface area contributed by atoms with Gasteiger partial charge in [-0.15, -0.1) is 10.2 Å². The van der Waals surface area contributed by atoms with Crippen LogP contribution in [-0.2, 0) is 6.61 Å². The number of aromatic nitrogens is 3. The first-order valence-corrected chi connectivity index (χ1v) is 8.89. The lowest BCUT2D eigenvalue weighted by molar-refractivity contribution is 0.289. The van der Waals surface area contributed by atoms with Crippen molar-refractivity contribution in [2.45, 2.75) is 11.8 Å². The molecule has 0 aliphatic carbocycles. The highest BCUT2D eigenvalue weighted by atomic mass is 32.2. The molecule has 0 saturated carbocycles. The molecule has 0 saturated heterocycles. The van der Waals surface area contributed by atoms with Crippen LogP contribution in [0.2, 0.25) is 0 Å². The number of hydrogen-bond donors (Lipinski definition) is 0. The van der Waals surface area contributed by atoms with Crippen LogP contribution in [0.1, 0.15) is 11.4 Å². The Morgan fingerprint density at radius 3 is 2.50 bits per heavy atom. The molecule has 0 unspecified atom stereocenters. The molecule has 0 N–H and O–H groups in total. The van der Waals surface area contributed by atoms with Crippen molar-refractivity contribution >= 4 is 17.5 Å². The zero-order chi connectivity index (χ0) is 17.9. The highest BCUT2D eigenvalue weighted by Gasteiger charge is 2.20. The van der Waals surface area contributed by atoms with E-state index in [0.29, 0.717) is 17.3 Å². The Kier molecular flexibility index (Phi) is 4.57. The van der Waals surface area contributed by atoms with Crippen LogP contribution < -0.4 is 9.47 Å². The zero-order valence-corrected chi connectivity index (χ0v) is 14.7. The van der Waals surface area contributed by atoms with Gasteiger partial charge in [0.05, 0.1) is 12.8 Å². The summed E-state index contributed by atoms with van der Waals surface area (Å²) in [6, 6.07) is 13.6. The lowest BCUT2D eigenvalue weighted by atomic mass is 10.1. The Morgan fingerprint density at radius 1 is 1.04 bits per heavy atom. The predicted molar refractivity (Wildman–Crippen MR) is 96.4 cm³/mol. The maximum Gasteiger partial charge on any atom is 0.212 e. The number of methoxy groups -OCH3 is 1. The molecule has 2 heterocycles. The fourth-order valence-electron chi connectivity index (χ4n) is 2.46. The summed E-state index contributed by atoms with van der Waals surface area (Å²) in [5.41, 5.74) is 1.94. The molecule has 26 heavy (non-hydrogen) atoms. The summed E-state index contributed by atoms with van der Waals surface area (Å²) < 4.78 is 25.5. The van der Waals surface area contributed by atoms with Gasteiger partial charge in [0.15, 0.2) is 5.82 Å². The van der Waals surface area contributed by atoms with Gasteiger partial charge in [-0.2, -0.15) is 9.78 Å². The van der Waals surface area contributed by atoms with Gasteiger partial charge in [-0.05, 0) is 54.1 Å². The van der Waals surface area contributed by atoms with Gasteiger partial charge in [0.25, 0.3) is 0 Å². The number of nitrogens with zero attached hydrogens (tertiary/aromatic N) is 4. The second-order valence-electron chi connectivity index (χ2n) is 5.52. The van der Waals surface area contributed by atoms with Gasteiger partial charge in [-0.25, -0.2) is 4.39 Å². The summed E-state index contributed by atoms with van der Waals surface area (Å²) in [4.78, 5) is 0. The summed E-state index contributed by atoms with van der Waals surface area (Å²) >= 11 is 1.57. The number of fused-ring (bicyclic) bond motifs is 1. The van der Waals surface area contributed by atoms with Crippen molar-refractivity contribution in [1.82, 2.24) is 14.9 Å². The van der Waals surface area contributed by atoms with Crippen LogP contribution in [0.4, 0.5) is 4.39 Å². The molecule has 6 nitrogen and oxygen atoms in total.